The minimum Gasteiger partial charge on any atom is -0.342 e. The second kappa shape index (κ2) is 8.48. The molecule has 1 saturated heterocycles. The van der Waals surface area contributed by atoms with Crippen molar-refractivity contribution < 1.29 is 9.18 Å². The molecule has 1 amide bonds. The van der Waals surface area contributed by atoms with Crippen molar-refractivity contribution in [3.63, 3.8) is 0 Å². The van der Waals surface area contributed by atoms with Crippen LogP contribution in [0.25, 0.3) is 11.4 Å². The fourth-order valence-electron chi connectivity index (χ4n) is 3.85. The second-order valence-corrected chi connectivity index (χ2v) is 7.61. The van der Waals surface area contributed by atoms with E-state index in [1.54, 1.807) is 18.2 Å². The van der Waals surface area contributed by atoms with E-state index in [2.05, 4.69) is 33.3 Å². The van der Waals surface area contributed by atoms with Crippen LogP contribution in [0.4, 0.5) is 15.9 Å². The highest BCUT2D eigenvalue weighted by Gasteiger charge is 2.36. The monoisotopic (exact) mass is 416 g/mol. The van der Waals surface area contributed by atoms with Gasteiger partial charge >= 0.3 is 0 Å². The van der Waals surface area contributed by atoms with Gasteiger partial charge in [-0.25, -0.2) is 19.3 Å². The fraction of sp³-hybridized carbons (Fsp3) is 0.261. The third-order valence-electron chi connectivity index (χ3n) is 5.48. The van der Waals surface area contributed by atoms with E-state index in [4.69, 9.17) is 5.26 Å². The minimum absolute atomic E-state index is 0.134. The molecule has 3 heterocycles. The van der Waals surface area contributed by atoms with Crippen molar-refractivity contribution in [3.8, 4) is 17.5 Å². The van der Waals surface area contributed by atoms with Gasteiger partial charge in [0.1, 0.15) is 17.9 Å². The van der Waals surface area contributed by atoms with Crippen molar-refractivity contribution in [1.82, 2.24) is 15.0 Å². The number of amides is 1. The maximum atomic E-state index is 13.2. The molecule has 2 aromatic heterocycles. The first-order valence-corrected chi connectivity index (χ1v) is 10.00. The van der Waals surface area contributed by atoms with Gasteiger partial charge in [0.05, 0.1) is 18.0 Å². The molecule has 1 N–H and O–H groups in total. The molecule has 2 atom stereocenters. The van der Waals surface area contributed by atoms with Crippen molar-refractivity contribution in [2.24, 2.45) is 0 Å². The van der Waals surface area contributed by atoms with Crippen LogP contribution >= 0.6 is 0 Å². The van der Waals surface area contributed by atoms with Crippen LogP contribution in [-0.4, -0.2) is 32.9 Å². The predicted molar refractivity (Wildman–Crippen MR) is 115 cm³/mol. The number of nitrogens with one attached hydrogen (secondary N) is 1. The average molecular weight is 416 g/mol. The van der Waals surface area contributed by atoms with Crippen molar-refractivity contribution >= 4 is 17.4 Å². The molecule has 4 rings (SSSR count). The lowest BCUT2D eigenvalue weighted by Gasteiger charge is -2.29. The number of rotatable bonds is 4. The quantitative estimate of drug-likeness (QED) is 0.694. The third kappa shape index (κ3) is 4.21. The molecule has 0 bridgehead atoms. The van der Waals surface area contributed by atoms with Crippen molar-refractivity contribution in [2.75, 3.05) is 10.2 Å². The van der Waals surface area contributed by atoms with E-state index >= 15 is 0 Å². The summed E-state index contributed by atoms with van der Waals surface area (Å²) in [6, 6.07) is 10.8. The Kier molecular flexibility index (Phi) is 5.58. The summed E-state index contributed by atoms with van der Waals surface area (Å²) in [5.41, 5.74) is 2.74. The topological polar surface area (TPSA) is 94.8 Å². The second-order valence-electron chi connectivity index (χ2n) is 7.61. The number of pyridine rings is 1. The van der Waals surface area contributed by atoms with Gasteiger partial charge in [-0.1, -0.05) is 6.07 Å². The van der Waals surface area contributed by atoms with E-state index in [1.807, 2.05) is 24.0 Å². The Balaban J connectivity index is 1.56. The Morgan fingerprint density at radius 2 is 1.94 bits per heavy atom. The lowest BCUT2D eigenvalue weighted by Crippen LogP contribution is -2.43. The molecule has 1 fully saturated rings. The zero-order valence-electron chi connectivity index (χ0n) is 17.2. The standard InChI is InChI=1S/C23H21FN6O/c1-14-3-6-18(9-19(14)22-27-12-17(24)13-28-22)29-23(31)20-7-4-15(2)30(20)21-8-5-16(10-25)11-26-21/h3,5-6,8-9,11-13,15,20H,4,7H2,1-2H3,(H,29,31)/t15-,20-/m1/s1. The number of nitrogens with zero attached hydrogens (tertiary/aromatic N) is 5. The number of halogens is 1. The molecule has 1 aliphatic rings. The molecular weight excluding hydrogens is 395 g/mol. The van der Waals surface area contributed by atoms with Crippen LogP contribution in [0.1, 0.15) is 30.9 Å². The lowest BCUT2D eigenvalue weighted by molar-refractivity contribution is -0.117. The lowest BCUT2D eigenvalue weighted by atomic mass is 10.1. The predicted octanol–water partition coefficient (Wildman–Crippen LogP) is 3.85. The average Bonchev–Trinajstić information content (AvgIpc) is 3.17. The normalized spacial score (nSPS) is 17.9. The summed E-state index contributed by atoms with van der Waals surface area (Å²) in [5, 5.41) is 12.0. The molecule has 1 aliphatic heterocycles. The van der Waals surface area contributed by atoms with Gasteiger partial charge in [-0.2, -0.15) is 5.26 Å². The molecular formula is C23H21FN6O. The summed E-state index contributed by atoms with van der Waals surface area (Å²) >= 11 is 0. The highest BCUT2D eigenvalue weighted by atomic mass is 19.1. The molecule has 31 heavy (non-hydrogen) atoms. The summed E-state index contributed by atoms with van der Waals surface area (Å²) in [5.74, 6) is 0.435. The van der Waals surface area contributed by atoms with E-state index in [-0.39, 0.29) is 18.0 Å². The summed E-state index contributed by atoms with van der Waals surface area (Å²) in [7, 11) is 0. The number of aryl methyl sites for hydroxylation is 1. The Hall–Kier alpha value is -3.86. The Morgan fingerprint density at radius 1 is 1.16 bits per heavy atom. The molecule has 7 nitrogen and oxygen atoms in total. The largest absolute Gasteiger partial charge is 0.342 e. The number of hydrogen-bond donors (Lipinski definition) is 1. The molecule has 0 radical (unpaired) electrons. The van der Waals surface area contributed by atoms with Crippen molar-refractivity contribution in [2.45, 2.75) is 38.8 Å². The highest BCUT2D eigenvalue weighted by Crippen LogP contribution is 2.30. The van der Waals surface area contributed by atoms with Gasteiger partial charge < -0.3 is 10.2 Å². The number of anilines is 2. The molecule has 0 saturated carbocycles. The number of carbonyl (C=O) groups excluding carboxylic acids is 1. The first-order chi connectivity index (χ1) is 15.0. The van der Waals surface area contributed by atoms with Crippen molar-refractivity contribution in [3.05, 3.63) is 65.9 Å². The first-order valence-electron chi connectivity index (χ1n) is 10.00. The Morgan fingerprint density at radius 3 is 2.61 bits per heavy atom. The van der Waals surface area contributed by atoms with Crippen LogP contribution in [0.5, 0.6) is 0 Å². The number of nitriles is 1. The Bertz CT molecular complexity index is 1140. The van der Waals surface area contributed by atoms with Gasteiger partial charge in [0.25, 0.3) is 0 Å². The molecule has 3 aromatic rings. The Labute approximate surface area is 179 Å². The molecule has 0 spiro atoms. The van der Waals surface area contributed by atoms with Gasteiger partial charge in [0.15, 0.2) is 11.6 Å². The number of benzene rings is 1. The summed E-state index contributed by atoms with van der Waals surface area (Å²) < 4.78 is 13.2. The zero-order valence-corrected chi connectivity index (χ0v) is 17.2. The molecule has 156 valence electrons. The van der Waals surface area contributed by atoms with E-state index in [9.17, 15) is 9.18 Å². The van der Waals surface area contributed by atoms with E-state index in [0.717, 1.165) is 29.9 Å². The van der Waals surface area contributed by atoms with E-state index < -0.39 is 5.82 Å². The zero-order chi connectivity index (χ0) is 22.0. The van der Waals surface area contributed by atoms with Crippen molar-refractivity contribution in [1.29, 1.82) is 5.26 Å². The smallest absolute Gasteiger partial charge is 0.247 e. The van der Waals surface area contributed by atoms with Gasteiger partial charge in [0.2, 0.25) is 5.91 Å². The van der Waals surface area contributed by atoms with Gasteiger partial charge in [-0.05, 0) is 56.5 Å². The molecule has 0 aliphatic carbocycles. The number of hydrogen-bond acceptors (Lipinski definition) is 6. The van der Waals surface area contributed by atoms with Crippen LogP contribution in [0.15, 0.2) is 48.9 Å². The molecule has 8 heteroatoms. The van der Waals surface area contributed by atoms with Gasteiger partial charge in [0, 0.05) is 23.5 Å². The van der Waals surface area contributed by atoms with Gasteiger partial charge in [-0.3, -0.25) is 4.79 Å². The number of aromatic nitrogens is 3. The SMILES string of the molecule is Cc1ccc(NC(=O)[C@H]2CC[C@@H](C)N2c2ccc(C#N)cn2)cc1-c1ncc(F)cn1. The molecule has 1 aromatic carbocycles. The highest BCUT2D eigenvalue weighted by molar-refractivity contribution is 5.97. The van der Waals surface area contributed by atoms with Crippen LogP contribution in [-0.2, 0) is 4.79 Å². The van der Waals surface area contributed by atoms with Gasteiger partial charge in [-0.15, -0.1) is 0 Å². The van der Waals surface area contributed by atoms with Crippen LogP contribution in [0.2, 0.25) is 0 Å². The maximum Gasteiger partial charge on any atom is 0.247 e. The van der Waals surface area contributed by atoms with E-state index in [0.29, 0.717) is 29.3 Å². The minimum atomic E-state index is -0.502. The van der Waals surface area contributed by atoms with E-state index in [1.165, 1.54) is 6.20 Å². The van der Waals surface area contributed by atoms with Crippen LogP contribution < -0.4 is 10.2 Å². The maximum absolute atomic E-state index is 13.2. The van der Waals surface area contributed by atoms with Crippen LogP contribution in [0, 0.1) is 24.1 Å². The summed E-state index contributed by atoms with van der Waals surface area (Å²) in [6.45, 7) is 3.97. The molecule has 0 unspecified atom stereocenters. The summed E-state index contributed by atoms with van der Waals surface area (Å²) in [6.07, 6.45) is 5.33. The fourth-order valence-corrected chi connectivity index (χ4v) is 3.85. The summed E-state index contributed by atoms with van der Waals surface area (Å²) in [4.78, 5) is 27.6. The third-order valence-corrected chi connectivity index (χ3v) is 5.48. The van der Waals surface area contributed by atoms with Crippen LogP contribution in [0.3, 0.4) is 0 Å². The number of carbonyl (C=O) groups is 1. The first kappa shape index (κ1) is 20.4.